The van der Waals surface area contributed by atoms with Crippen molar-refractivity contribution in [1.29, 1.82) is 0 Å². The van der Waals surface area contributed by atoms with E-state index < -0.39 is 11.4 Å². The molecule has 1 heterocycles. The number of carbonyl (C=O) groups excluding carboxylic acids is 2. The largest absolute Gasteiger partial charge is 0.368 e. The quantitative estimate of drug-likeness (QED) is 0.626. The highest BCUT2D eigenvalue weighted by atomic mass is 16.2. The summed E-state index contributed by atoms with van der Waals surface area (Å²) in [5.41, 5.74) is 8.39. The van der Waals surface area contributed by atoms with Gasteiger partial charge < -0.3 is 11.1 Å². The van der Waals surface area contributed by atoms with Crippen LogP contribution in [0.2, 0.25) is 0 Å². The number of benzene rings is 2. The maximum absolute atomic E-state index is 13.1. The van der Waals surface area contributed by atoms with E-state index in [0.717, 1.165) is 16.7 Å². The maximum Gasteiger partial charge on any atom is 0.252 e. The molecule has 3 rings (SSSR count). The topological polar surface area (TPSA) is 116 Å². The third-order valence-electron chi connectivity index (χ3n) is 4.93. The summed E-state index contributed by atoms with van der Waals surface area (Å²) in [7, 11) is 0. The predicted molar refractivity (Wildman–Crippen MR) is 114 cm³/mol. The Morgan fingerprint density at radius 3 is 2.40 bits per heavy atom. The molecule has 30 heavy (non-hydrogen) atoms. The van der Waals surface area contributed by atoms with Crippen molar-refractivity contribution >= 4 is 11.8 Å². The van der Waals surface area contributed by atoms with Crippen LogP contribution in [0, 0.1) is 12.8 Å². The number of rotatable bonds is 7. The van der Waals surface area contributed by atoms with Crippen LogP contribution in [-0.2, 0) is 4.79 Å². The number of nitrogens with zero attached hydrogens (tertiary/aromatic N) is 4. The lowest BCUT2D eigenvalue weighted by atomic mass is 9.89. The van der Waals surface area contributed by atoms with Gasteiger partial charge >= 0.3 is 0 Å². The van der Waals surface area contributed by atoms with Crippen LogP contribution < -0.4 is 11.1 Å². The molecule has 1 unspecified atom stereocenters. The maximum atomic E-state index is 13.1. The average Bonchev–Trinajstić information content (AvgIpc) is 3.22. The SMILES string of the molecule is Cc1ccc(-c2cc(C(=O)NC(C)(CC(C)C)C(N)=O)cc(-n3cnnn3)c2)cc1. The second-order valence-electron chi connectivity index (χ2n) is 8.14. The number of aryl methyl sites for hydroxylation is 1. The Balaban J connectivity index is 2.03. The lowest BCUT2D eigenvalue weighted by Gasteiger charge is -2.29. The first kappa shape index (κ1) is 21.2. The Kier molecular flexibility index (Phi) is 5.96. The van der Waals surface area contributed by atoms with Crippen LogP contribution in [0.25, 0.3) is 16.8 Å². The first-order chi connectivity index (χ1) is 14.2. The van der Waals surface area contributed by atoms with Crippen molar-refractivity contribution in [2.45, 2.75) is 39.7 Å². The molecule has 3 N–H and O–H groups in total. The van der Waals surface area contributed by atoms with Crippen LogP contribution >= 0.6 is 0 Å². The fourth-order valence-electron chi connectivity index (χ4n) is 3.42. The van der Waals surface area contributed by atoms with E-state index in [1.165, 1.54) is 11.0 Å². The number of tetrazole rings is 1. The second kappa shape index (κ2) is 8.44. The highest BCUT2D eigenvalue weighted by Crippen LogP contribution is 2.25. The van der Waals surface area contributed by atoms with Gasteiger partial charge in [0.15, 0.2) is 0 Å². The van der Waals surface area contributed by atoms with Crippen LogP contribution in [0.15, 0.2) is 48.8 Å². The molecular formula is C22H26N6O2. The minimum atomic E-state index is -1.15. The molecule has 0 aliphatic heterocycles. The molecule has 0 aliphatic rings. The van der Waals surface area contributed by atoms with Gasteiger partial charge in [0.05, 0.1) is 5.69 Å². The first-order valence-electron chi connectivity index (χ1n) is 9.76. The Hall–Kier alpha value is -3.55. The van der Waals surface area contributed by atoms with E-state index in [4.69, 9.17) is 5.73 Å². The highest BCUT2D eigenvalue weighted by Gasteiger charge is 2.34. The number of nitrogens with one attached hydrogen (secondary N) is 1. The minimum Gasteiger partial charge on any atom is -0.368 e. The van der Waals surface area contributed by atoms with Crippen molar-refractivity contribution < 1.29 is 9.59 Å². The van der Waals surface area contributed by atoms with Crippen molar-refractivity contribution in [1.82, 2.24) is 25.5 Å². The molecule has 3 aromatic rings. The lowest BCUT2D eigenvalue weighted by Crippen LogP contribution is -2.56. The normalized spacial score (nSPS) is 13.1. The Labute approximate surface area is 175 Å². The highest BCUT2D eigenvalue weighted by molar-refractivity contribution is 6.00. The monoisotopic (exact) mass is 406 g/mol. The molecule has 8 heteroatoms. The molecular weight excluding hydrogens is 380 g/mol. The van der Waals surface area contributed by atoms with Gasteiger partial charge in [0, 0.05) is 5.56 Å². The van der Waals surface area contributed by atoms with E-state index in [2.05, 4.69) is 20.8 Å². The molecule has 0 aliphatic carbocycles. The standard InChI is InChI=1S/C22H26N6O2/c1-14(2)12-22(4,21(23)30)25-20(29)18-9-17(16-7-5-15(3)6-8-16)10-19(11-18)28-13-24-26-27-28/h5-11,13-14H,12H2,1-4H3,(H2,23,30)(H,25,29). The van der Waals surface area contributed by atoms with Gasteiger partial charge in [-0.15, -0.1) is 5.10 Å². The summed E-state index contributed by atoms with van der Waals surface area (Å²) in [5, 5.41) is 14.1. The van der Waals surface area contributed by atoms with Crippen LogP contribution in [0.1, 0.15) is 43.1 Å². The van der Waals surface area contributed by atoms with E-state index >= 15 is 0 Å². The van der Waals surface area contributed by atoms with Crippen molar-refractivity contribution in [2.75, 3.05) is 0 Å². The summed E-state index contributed by atoms with van der Waals surface area (Å²) in [5.74, 6) is -0.779. The number of amides is 2. The zero-order valence-electron chi connectivity index (χ0n) is 17.6. The van der Waals surface area contributed by atoms with Gasteiger partial charge in [-0.2, -0.15) is 0 Å². The fraction of sp³-hybridized carbons (Fsp3) is 0.318. The molecule has 2 amide bonds. The van der Waals surface area contributed by atoms with E-state index in [0.29, 0.717) is 17.7 Å². The van der Waals surface area contributed by atoms with Crippen LogP contribution in [0.3, 0.4) is 0 Å². The van der Waals surface area contributed by atoms with E-state index in [1.54, 1.807) is 19.1 Å². The van der Waals surface area contributed by atoms with Gasteiger partial charge in [0.2, 0.25) is 5.91 Å². The molecule has 1 aromatic heterocycles. The predicted octanol–water partition coefficient (Wildman–Crippen LogP) is 2.66. The Morgan fingerprint density at radius 1 is 1.13 bits per heavy atom. The molecule has 1 atom stereocenters. The summed E-state index contributed by atoms with van der Waals surface area (Å²) in [4.78, 5) is 25.2. The summed E-state index contributed by atoms with van der Waals surface area (Å²) in [6.45, 7) is 7.61. The number of aromatic nitrogens is 4. The average molecular weight is 406 g/mol. The molecule has 156 valence electrons. The van der Waals surface area contributed by atoms with Crippen molar-refractivity contribution in [3.63, 3.8) is 0 Å². The first-order valence-corrected chi connectivity index (χ1v) is 9.76. The number of carbonyl (C=O) groups is 2. The number of hydrogen-bond acceptors (Lipinski definition) is 5. The fourth-order valence-corrected chi connectivity index (χ4v) is 3.42. The van der Waals surface area contributed by atoms with Gasteiger partial charge in [-0.1, -0.05) is 43.7 Å². The van der Waals surface area contributed by atoms with Crippen molar-refractivity contribution in [3.05, 3.63) is 59.9 Å². The van der Waals surface area contributed by atoms with Crippen LogP contribution in [0.4, 0.5) is 0 Å². The van der Waals surface area contributed by atoms with Crippen molar-refractivity contribution in [2.24, 2.45) is 11.7 Å². The Bertz CT molecular complexity index is 1040. The third-order valence-corrected chi connectivity index (χ3v) is 4.93. The molecule has 0 spiro atoms. The zero-order valence-corrected chi connectivity index (χ0v) is 17.6. The smallest absolute Gasteiger partial charge is 0.252 e. The van der Waals surface area contributed by atoms with E-state index in [9.17, 15) is 9.59 Å². The molecule has 0 radical (unpaired) electrons. The molecule has 2 aromatic carbocycles. The zero-order chi connectivity index (χ0) is 21.9. The number of primary amides is 1. The number of nitrogens with two attached hydrogens (primary N) is 1. The van der Waals surface area contributed by atoms with Crippen molar-refractivity contribution in [3.8, 4) is 16.8 Å². The molecule has 0 saturated heterocycles. The van der Waals surface area contributed by atoms with Gasteiger partial charge in [0.1, 0.15) is 11.9 Å². The van der Waals surface area contributed by atoms with Crippen LogP contribution in [-0.4, -0.2) is 37.6 Å². The summed E-state index contributed by atoms with van der Waals surface area (Å²) >= 11 is 0. The summed E-state index contributed by atoms with van der Waals surface area (Å²) < 4.78 is 1.48. The molecule has 0 fully saturated rings. The van der Waals surface area contributed by atoms with E-state index in [1.807, 2.05) is 51.1 Å². The van der Waals surface area contributed by atoms with Gasteiger partial charge in [-0.25, -0.2) is 4.68 Å². The molecule has 0 bridgehead atoms. The van der Waals surface area contributed by atoms with Gasteiger partial charge in [-0.05, 0) is 65.9 Å². The third kappa shape index (κ3) is 4.71. The van der Waals surface area contributed by atoms with E-state index in [-0.39, 0.29) is 11.8 Å². The minimum absolute atomic E-state index is 0.179. The number of hydrogen-bond donors (Lipinski definition) is 2. The molecule has 0 saturated carbocycles. The molecule has 8 nitrogen and oxygen atoms in total. The van der Waals surface area contributed by atoms with Crippen LogP contribution in [0.5, 0.6) is 0 Å². The van der Waals surface area contributed by atoms with Gasteiger partial charge in [0.25, 0.3) is 5.91 Å². The lowest BCUT2D eigenvalue weighted by molar-refractivity contribution is -0.124. The Morgan fingerprint density at radius 2 is 1.83 bits per heavy atom. The van der Waals surface area contributed by atoms with Gasteiger partial charge in [-0.3, -0.25) is 9.59 Å². The second-order valence-corrected chi connectivity index (χ2v) is 8.14. The summed E-state index contributed by atoms with van der Waals surface area (Å²) in [6, 6.07) is 13.4. The summed E-state index contributed by atoms with van der Waals surface area (Å²) in [6.07, 6.45) is 1.90.